The van der Waals surface area contributed by atoms with Gasteiger partial charge in [-0.2, -0.15) is 0 Å². The van der Waals surface area contributed by atoms with Gasteiger partial charge in [0.1, 0.15) is 0 Å². The molecule has 0 amide bonds. The number of morpholine rings is 1. The normalized spacial score (nSPS) is 16.2. The molecule has 0 aliphatic carbocycles. The number of aliphatic imine (C=N–C) groups is 1. The standard InChI is InChI=1S/C22H32N4O3S/c1-16-5-7-18(30-16)14-24-22(23-2)25-15-19(26-9-11-29-12-10-26)17-6-8-20(27-3)21(13-17)28-4/h5-8,13,19H,9-12,14-15H2,1-4H3,(H2,23,24,25). The van der Waals surface area contributed by atoms with E-state index >= 15 is 0 Å². The molecule has 0 saturated carbocycles. The van der Waals surface area contributed by atoms with Crippen LogP contribution in [-0.4, -0.2) is 65.0 Å². The minimum atomic E-state index is 0.163. The van der Waals surface area contributed by atoms with Gasteiger partial charge in [0.25, 0.3) is 0 Å². The summed E-state index contributed by atoms with van der Waals surface area (Å²) in [5.41, 5.74) is 1.17. The first-order chi connectivity index (χ1) is 14.6. The van der Waals surface area contributed by atoms with Crippen molar-refractivity contribution in [3.63, 3.8) is 0 Å². The van der Waals surface area contributed by atoms with Crippen molar-refractivity contribution in [3.8, 4) is 11.5 Å². The van der Waals surface area contributed by atoms with Crippen LogP contribution in [-0.2, 0) is 11.3 Å². The van der Waals surface area contributed by atoms with E-state index in [2.05, 4.69) is 51.7 Å². The molecule has 1 aromatic carbocycles. The maximum atomic E-state index is 5.56. The average Bonchev–Trinajstić information content (AvgIpc) is 3.21. The summed E-state index contributed by atoms with van der Waals surface area (Å²) in [6, 6.07) is 10.6. The number of guanidine groups is 1. The topological polar surface area (TPSA) is 67.4 Å². The maximum Gasteiger partial charge on any atom is 0.191 e. The smallest absolute Gasteiger partial charge is 0.191 e. The first-order valence-electron chi connectivity index (χ1n) is 10.2. The van der Waals surface area contributed by atoms with Gasteiger partial charge in [-0.1, -0.05) is 6.07 Å². The third-order valence-electron chi connectivity index (χ3n) is 5.19. The Hall–Kier alpha value is -2.29. The SMILES string of the molecule is CN=C(NCc1ccc(C)s1)NCC(c1ccc(OC)c(OC)c1)N1CCOCC1. The Bertz CT molecular complexity index is 834. The third kappa shape index (κ3) is 5.87. The van der Waals surface area contributed by atoms with Gasteiger partial charge >= 0.3 is 0 Å². The molecule has 0 spiro atoms. The Morgan fingerprint density at radius 3 is 2.53 bits per heavy atom. The molecule has 1 aromatic heterocycles. The molecule has 1 fully saturated rings. The zero-order valence-corrected chi connectivity index (χ0v) is 19.1. The molecule has 1 aliphatic rings. The first-order valence-corrected chi connectivity index (χ1v) is 11.0. The molecule has 30 heavy (non-hydrogen) atoms. The quantitative estimate of drug-likeness (QED) is 0.494. The van der Waals surface area contributed by atoms with Crippen LogP contribution in [0.1, 0.15) is 21.4 Å². The number of thiophene rings is 1. The summed E-state index contributed by atoms with van der Waals surface area (Å²) in [6.45, 7) is 6.87. The molecule has 0 bridgehead atoms. The maximum absolute atomic E-state index is 5.56. The molecule has 1 saturated heterocycles. The van der Waals surface area contributed by atoms with E-state index in [1.54, 1.807) is 32.6 Å². The van der Waals surface area contributed by atoms with Crippen molar-refractivity contribution < 1.29 is 14.2 Å². The highest BCUT2D eigenvalue weighted by atomic mass is 32.1. The monoisotopic (exact) mass is 432 g/mol. The van der Waals surface area contributed by atoms with Crippen LogP contribution in [0.4, 0.5) is 0 Å². The van der Waals surface area contributed by atoms with E-state index in [-0.39, 0.29) is 6.04 Å². The number of hydrogen-bond donors (Lipinski definition) is 2. The van der Waals surface area contributed by atoms with Gasteiger partial charge in [0, 0.05) is 36.4 Å². The van der Waals surface area contributed by atoms with Crippen LogP contribution < -0.4 is 20.1 Å². The lowest BCUT2D eigenvalue weighted by molar-refractivity contribution is 0.0169. The van der Waals surface area contributed by atoms with Gasteiger partial charge in [0.2, 0.25) is 0 Å². The molecule has 3 rings (SSSR count). The van der Waals surface area contributed by atoms with Crippen LogP contribution in [0.5, 0.6) is 11.5 Å². The second-order valence-corrected chi connectivity index (χ2v) is 8.47. The van der Waals surface area contributed by atoms with Crippen molar-refractivity contribution in [1.29, 1.82) is 0 Å². The Morgan fingerprint density at radius 1 is 1.13 bits per heavy atom. The largest absolute Gasteiger partial charge is 0.493 e. The number of nitrogens with zero attached hydrogens (tertiary/aromatic N) is 2. The van der Waals surface area contributed by atoms with Gasteiger partial charge in [-0.05, 0) is 36.8 Å². The lowest BCUT2D eigenvalue weighted by Gasteiger charge is -2.35. The zero-order chi connectivity index (χ0) is 21.3. The second kappa shape index (κ2) is 11.2. The minimum Gasteiger partial charge on any atom is -0.493 e. The van der Waals surface area contributed by atoms with Crippen molar-refractivity contribution in [1.82, 2.24) is 15.5 Å². The van der Waals surface area contributed by atoms with E-state index in [0.717, 1.165) is 56.9 Å². The van der Waals surface area contributed by atoms with E-state index in [1.165, 1.54) is 15.3 Å². The predicted molar refractivity (Wildman–Crippen MR) is 122 cm³/mol. The summed E-state index contributed by atoms with van der Waals surface area (Å²) in [5, 5.41) is 6.91. The predicted octanol–water partition coefficient (Wildman–Crippen LogP) is 2.81. The minimum absolute atomic E-state index is 0.163. The number of nitrogens with one attached hydrogen (secondary N) is 2. The molecule has 164 valence electrons. The number of aryl methyl sites for hydroxylation is 1. The summed E-state index contributed by atoms with van der Waals surface area (Å²) in [7, 11) is 5.13. The Balaban J connectivity index is 1.70. The zero-order valence-electron chi connectivity index (χ0n) is 18.2. The van der Waals surface area contributed by atoms with Crippen LogP contribution in [0.3, 0.4) is 0 Å². The van der Waals surface area contributed by atoms with Gasteiger partial charge in [0.05, 0.1) is 40.0 Å². The fourth-order valence-corrected chi connectivity index (χ4v) is 4.40. The van der Waals surface area contributed by atoms with E-state index < -0.39 is 0 Å². The van der Waals surface area contributed by atoms with Crippen molar-refractivity contribution >= 4 is 17.3 Å². The number of benzene rings is 1. The van der Waals surface area contributed by atoms with Crippen LogP contribution in [0, 0.1) is 6.92 Å². The Kier molecular flexibility index (Phi) is 8.36. The summed E-state index contributed by atoms with van der Waals surface area (Å²) >= 11 is 1.80. The fraction of sp³-hybridized carbons (Fsp3) is 0.500. The Morgan fingerprint density at radius 2 is 1.90 bits per heavy atom. The van der Waals surface area contributed by atoms with Crippen LogP contribution in [0.2, 0.25) is 0 Å². The van der Waals surface area contributed by atoms with Crippen LogP contribution >= 0.6 is 11.3 Å². The molecule has 1 aliphatic heterocycles. The van der Waals surface area contributed by atoms with Gasteiger partial charge in [0.15, 0.2) is 17.5 Å². The summed E-state index contributed by atoms with van der Waals surface area (Å²) < 4.78 is 16.5. The Labute approximate surface area is 183 Å². The molecule has 7 nitrogen and oxygen atoms in total. The van der Waals surface area contributed by atoms with Gasteiger partial charge in [-0.15, -0.1) is 11.3 Å². The summed E-state index contributed by atoms with van der Waals surface area (Å²) in [4.78, 5) is 9.44. The average molecular weight is 433 g/mol. The fourth-order valence-electron chi connectivity index (χ4n) is 3.57. The molecule has 2 N–H and O–H groups in total. The molecule has 1 unspecified atom stereocenters. The molecule has 2 aromatic rings. The summed E-state index contributed by atoms with van der Waals surface area (Å²) in [6.07, 6.45) is 0. The summed E-state index contributed by atoms with van der Waals surface area (Å²) in [5.74, 6) is 2.27. The molecular weight excluding hydrogens is 400 g/mol. The molecule has 0 radical (unpaired) electrons. The highest BCUT2D eigenvalue weighted by Gasteiger charge is 2.24. The van der Waals surface area contributed by atoms with Crippen LogP contribution in [0.25, 0.3) is 0 Å². The molecular formula is C22H32N4O3S. The number of hydrogen-bond acceptors (Lipinski definition) is 6. The van der Waals surface area contributed by atoms with E-state index in [4.69, 9.17) is 14.2 Å². The van der Waals surface area contributed by atoms with Crippen molar-refractivity contribution in [2.45, 2.75) is 19.5 Å². The lowest BCUT2D eigenvalue weighted by Crippen LogP contribution is -2.46. The lowest BCUT2D eigenvalue weighted by atomic mass is 10.0. The van der Waals surface area contributed by atoms with E-state index in [0.29, 0.717) is 0 Å². The van der Waals surface area contributed by atoms with E-state index in [9.17, 15) is 0 Å². The molecule has 8 heteroatoms. The number of ether oxygens (including phenoxy) is 3. The number of rotatable bonds is 8. The number of methoxy groups -OCH3 is 2. The second-order valence-electron chi connectivity index (χ2n) is 7.10. The highest BCUT2D eigenvalue weighted by molar-refractivity contribution is 7.11. The first kappa shape index (κ1) is 22.4. The van der Waals surface area contributed by atoms with Gasteiger partial charge in [-0.3, -0.25) is 9.89 Å². The van der Waals surface area contributed by atoms with E-state index in [1.807, 2.05) is 6.07 Å². The molecule has 1 atom stereocenters. The highest BCUT2D eigenvalue weighted by Crippen LogP contribution is 2.32. The van der Waals surface area contributed by atoms with Crippen molar-refractivity contribution in [2.24, 2.45) is 4.99 Å². The van der Waals surface area contributed by atoms with Crippen molar-refractivity contribution in [2.75, 3.05) is 54.1 Å². The van der Waals surface area contributed by atoms with Crippen molar-refractivity contribution in [3.05, 3.63) is 45.6 Å². The van der Waals surface area contributed by atoms with Gasteiger partial charge in [-0.25, -0.2) is 0 Å². The molecule has 2 heterocycles. The van der Waals surface area contributed by atoms with Gasteiger partial charge < -0.3 is 24.8 Å². The third-order valence-corrected chi connectivity index (χ3v) is 6.19. The van der Waals surface area contributed by atoms with Crippen LogP contribution in [0.15, 0.2) is 35.3 Å².